The van der Waals surface area contributed by atoms with Gasteiger partial charge in [0.2, 0.25) is 0 Å². The summed E-state index contributed by atoms with van der Waals surface area (Å²) in [6.45, 7) is 1.73. The van der Waals surface area contributed by atoms with Crippen molar-refractivity contribution in [2.75, 3.05) is 5.73 Å². The van der Waals surface area contributed by atoms with Crippen LogP contribution in [0.3, 0.4) is 0 Å². The molecule has 1 aromatic carbocycles. The number of nitrogens with one attached hydrogen (secondary N) is 1. The first-order valence-corrected chi connectivity index (χ1v) is 8.46. The molecule has 24 heavy (non-hydrogen) atoms. The number of amides is 1. The molecule has 0 saturated carbocycles. The quantitative estimate of drug-likeness (QED) is 0.409. The lowest BCUT2D eigenvalue weighted by Gasteiger charge is -2.00. The van der Waals surface area contributed by atoms with E-state index in [9.17, 15) is 4.79 Å². The van der Waals surface area contributed by atoms with Crippen molar-refractivity contribution in [2.24, 2.45) is 12.1 Å². The van der Waals surface area contributed by atoms with Gasteiger partial charge in [-0.3, -0.25) is 4.79 Å². The van der Waals surface area contributed by atoms with E-state index in [2.05, 4.69) is 10.5 Å². The van der Waals surface area contributed by atoms with Crippen LogP contribution in [0.1, 0.15) is 22.4 Å². The Hall–Kier alpha value is -2.16. The summed E-state index contributed by atoms with van der Waals surface area (Å²) in [5, 5.41) is 5.55. The van der Waals surface area contributed by atoms with Gasteiger partial charge in [-0.1, -0.05) is 22.9 Å². The van der Waals surface area contributed by atoms with Gasteiger partial charge >= 0.3 is 0 Å². The molecule has 6 nitrogen and oxygen atoms in total. The second-order valence-corrected chi connectivity index (χ2v) is 7.15. The number of fused-ring (bicyclic) bond motifs is 1. The second kappa shape index (κ2) is 6.39. The molecule has 0 fully saturated rings. The molecule has 0 aliphatic carbocycles. The molecule has 9 heteroatoms. The Morgan fingerprint density at radius 2 is 2.21 bits per heavy atom. The van der Waals surface area contributed by atoms with E-state index < -0.39 is 5.91 Å². The van der Waals surface area contributed by atoms with Crippen LogP contribution in [0.4, 0.5) is 5.82 Å². The number of hydrogen-bond donors (Lipinski definition) is 2. The molecule has 2 aromatic heterocycles. The van der Waals surface area contributed by atoms with E-state index in [1.54, 1.807) is 36.7 Å². The molecule has 0 bridgehead atoms. The Balaban J connectivity index is 1.83. The van der Waals surface area contributed by atoms with Crippen LogP contribution in [-0.2, 0) is 7.05 Å². The van der Waals surface area contributed by atoms with Gasteiger partial charge in [0.15, 0.2) is 9.71 Å². The average Bonchev–Trinajstić information content (AvgIpc) is 3.08. The van der Waals surface area contributed by atoms with E-state index in [4.69, 9.17) is 34.0 Å². The van der Waals surface area contributed by atoms with Crippen LogP contribution < -0.4 is 11.2 Å². The number of thiazole rings is 1. The Morgan fingerprint density at radius 3 is 2.88 bits per heavy atom. The molecule has 3 aromatic rings. The van der Waals surface area contributed by atoms with Crippen LogP contribution in [0, 0.1) is 3.95 Å². The number of anilines is 1. The topological polar surface area (TPSA) is 85.5 Å². The first kappa shape index (κ1) is 16.7. The van der Waals surface area contributed by atoms with Crippen LogP contribution in [0.25, 0.3) is 11.0 Å². The molecule has 3 rings (SSSR count). The lowest BCUT2D eigenvalue weighted by molar-refractivity contribution is 0.0959. The number of hydrazone groups is 1. The van der Waals surface area contributed by atoms with Crippen molar-refractivity contribution in [2.45, 2.75) is 6.92 Å². The van der Waals surface area contributed by atoms with Crippen molar-refractivity contribution in [1.82, 2.24) is 9.99 Å². The molecule has 0 aliphatic heterocycles. The summed E-state index contributed by atoms with van der Waals surface area (Å²) in [5.74, 6) is 0.442. The number of carbonyl (C=O) groups excluding carboxylic acids is 1. The minimum Gasteiger partial charge on any atom is -0.455 e. The average molecular weight is 381 g/mol. The second-order valence-electron chi connectivity index (χ2n) is 5.07. The monoisotopic (exact) mass is 380 g/mol. The van der Waals surface area contributed by atoms with Crippen LogP contribution >= 0.6 is 35.2 Å². The van der Waals surface area contributed by atoms with Gasteiger partial charge in [-0.2, -0.15) is 5.10 Å². The van der Waals surface area contributed by atoms with Crippen molar-refractivity contribution in [1.29, 1.82) is 0 Å². The van der Waals surface area contributed by atoms with Crippen LogP contribution in [-0.4, -0.2) is 16.2 Å². The molecule has 0 unspecified atom stereocenters. The lowest BCUT2D eigenvalue weighted by Crippen LogP contribution is -2.19. The highest BCUT2D eigenvalue weighted by Gasteiger charge is 2.15. The maximum atomic E-state index is 12.2. The van der Waals surface area contributed by atoms with E-state index in [1.807, 2.05) is 6.07 Å². The van der Waals surface area contributed by atoms with Crippen molar-refractivity contribution >= 4 is 63.6 Å². The summed E-state index contributed by atoms with van der Waals surface area (Å²) in [4.78, 5) is 12.5. The summed E-state index contributed by atoms with van der Waals surface area (Å²) < 4.78 is 7.78. The molecule has 0 atom stereocenters. The number of carbonyl (C=O) groups is 1. The highest BCUT2D eigenvalue weighted by molar-refractivity contribution is 7.73. The van der Waals surface area contributed by atoms with E-state index in [0.29, 0.717) is 36.7 Å². The molecular weight excluding hydrogens is 368 g/mol. The number of rotatable bonds is 3. The zero-order valence-corrected chi connectivity index (χ0v) is 15.2. The summed E-state index contributed by atoms with van der Waals surface area (Å²) >= 11 is 12.2. The van der Waals surface area contributed by atoms with Crippen LogP contribution in [0.2, 0.25) is 5.02 Å². The molecule has 0 radical (unpaired) electrons. The predicted octanol–water partition coefficient (Wildman–Crippen LogP) is 3.95. The normalized spacial score (nSPS) is 11.9. The molecular formula is C15H13ClN4O2S2. The fourth-order valence-corrected chi connectivity index (χ4v) is 3.37. The molecule has 0 aliphatic rings. The fraction of sp³-hybridized carbons (Fsp3) is 0.133. The Labute approximate surface area is 151 Å². The van der Waals surface area contributed by atoms with Gasteiger partial charge in [-0.15, -0.1) is 0 Å². The molecule has 1 amide bonds. The van der Waals surface area contributed by atoms with Gasteiger partial charge in [0, 0.05) is 17.5 Å². The summed E-state index contributed by atoms with van der Waals surface area (Å²) in [7, 11) is 1.71. The predicted molar refractivity (Wildman–Crippen MR) is 99.4 cm³/mol. The van der Waals surface area contributed by atoms with Crippen LogP contribution in [0.5, 0.6) is 0 Å². The standard InChI is InChI=1S/C15H13ClN4O2S2/c1-7(11-6-8-5-9(16)3-4-10(8)22-11)18-19-14(21)12-13(17)20(2)15(23)24-12/h3-6H,17H2,1-2H3,(H,19,21)/b18-7-. The molecule has 0 spiro atoms. The number of hydrogen-bond acceptors (Lipinski definition) is 6. The first-order valence-electron chi connectivity index (χ1n) is 6.86. The van der Waals surface area contributed by atoms with Gasteiger partial charge in [0.05, 0.1) is 0 Å². The largest absolute Gasteiger partial charge is 0.455 e. The van der Waals surface area contributed by atoms with Gasteiger partial charge in [-0.25, -0.2) is 5.43 Å². The summed E-state index contributed by atoms with van der Waals surface area (Å²) in [5.41, 5.74) is 9.54. The van der Waals surface area contributed by atoms with Gasteiger partial charge in [-0.05, 0) is 43.4 Å². The third-order valence-corrected chi connectivity index (χ3v) is 5.23. The van der Waals surface area contributed by atoms with E-state index >= 15 is 0 Å². The maximum Gasteiger partial charge on any atom is 0.285 e. The smallest absolute Gasteiger partial charge is 0.285 e. The first-order chi connectivity index (χ1) is 11.4. The molecule has 2 heterocycles. The number of nitrogens with two attached hydrogens (primary N) is 1. The number of nitrogen functional groups attached to an aromatic ring is 1. The highest BCUT2D eigenvalue weighted by atomic mass is 35.5. The van der Waals surface area contributed by atoms with E-state index in [1.165, 1.54) is 0 Å². The Bertz CT molecular complexity index is 1030. The number of halogens is 1. The Morgan fingerprint density at radius 1 is 1.46 bits per heavy atom. The number of aromatic nitrogens is 1. The zero-order valence-electron chi connectivity index (χ0n) is 12.8. The third kappa shape index (κ3) is 3.08. The van der Waals surface area contributed by atoms with Crippen molar-refractivity contribution < 1.29 is 9.21 Å². The number of benzene rings is 1. The van der Waals surface area contributed by atoms with E-state index in [0.717, 1.165) is 16.7 Å². The summed E-state index contributed by atoms with van der Waals surface area (Å²) in [6, 6.07) is 7.14. The highest BCUT2D eigenvalue weighted by Crippen LogP contribution is 2.23. The lowest BCUT2D eigenvalue weighted by atomic mass is 10.2. The number of nitrogens with zero attached hydrogens (tertiary/aromatic N) is 2. The zero-order chi connectivity index (χ0) is 17.4. The van der Waals surface area contributed by atoms with Crippen molar-refractivity contribution in [3.05, 3.63) is 43.9 Å². The van der Waals surface area contributed by atoms with Crippen molar-refractivity contribution in [3.8, 4) is 0 Å². The minimum atomic E-state index is -0.414. The third-order valence-electron chi connectivity index (χ3n) is 3.42. The molecule has 3 N–H and O–H groups in total. The number of furan rings is 1. The van der Waals surface area contributed by atoms with Gasteiger partial charge in [0.25, 0.3) is 5.91 Å². The SMILES string of the molecule is C/C(=N/NC(=O)c1sc(=S)n(C)c1N)c1cc2cc(Cl)ccc2o1. The van der Waals surface area contributed by atoms with Crippen LogP contribution in [0.15, 0.2) is 33.8 Å². The van der Waals surface area contributed by atoms with Crippen molar-refractivity contribution in [3.63, 3.8) is 0 Å². The Kier molecular flexibility index (Phi) is 4.44. The molecule has 124 valence electrons. The van der Waals surface area contributed by atoms with Gasteiger partial charge < -0.3 is 14.7 Å². The van der Waals surface area contributed by atoms with E-state index in [-0.39, 0.29) is 0 Å². The maximum absolute atomic E-state index is 12.2. The fourth-order valence-electron chi connectivity index (χ4n) is 2.05. The summed E-state index contributed by atoms with van der Waals surface area (Å²) in [6.07, 6.45) is 0. The van der Waals surface area contributed by atoms with Gasteiger partial charge in [0.1, 0.15) is 22.0 Å². The molecule has 0 saturated heterocycles. The minimum absolute atomic E-state index is 0.314.